The molecule has 9 nitrogen and oxygen atoms in total. The number of nitrogens with one attached hydrogen (secondary N) is 3. The Hall–Kier alpha value is -3.46. The van der Waals surface area contributed by atoms with Crippen LogP contribution >= 0.6 is 0 Å². The van der Waals surface area contributed by atoms with Crippen LogP contribution < -0.4 is 10.6 Å². The van der Waals surface area contributed by atoms with Gasteiger partial charge in [-0.25, -0.2) is 9.50 Å². The summed E-state index contributed by atoms with van der Waals surface area (Å²) in [4.78, 5) is 27.7. The molecule has 0 aliphatic carbocycles. The summed E-state index contributed by atoms with van der Waals surface area (Å²) in [6, 6.07) is 4.20. The van der Waals surface area contributed by atoms with Crippen molar-refractivity contribution in [3.05, 3.63) is 42.5 Å². The number of piperidine rings is 1. The second-order valence-electron chi connectivity index (χ2n) is 10.4. The van der Waals surface area contributed by atoms with Crippen LogP contribution in [0, 0.1) is 5.41 Å². The number of anilines is 1. The van der Waals surface area contributed by atoms with E-state index in [4.69, 9.17) is 0 Å². The van der Waals surface area contributed by atoms with Gasteiger partial charge in [0.05, 0.1) is 17.3 Å². The maximum Gasteiger partial charge on any atom is 0.255 e. The summed E-state index contributed by atoms with van der Waals surface area (Å²) in [5, 5.41) is 11.8. The Morgan fingerprint density at radius 1 is 1.24 bits per heavy atom. The topological polar surface area (TPSA) is 103 Å². The molecule has 0 radical (unpaired) electrons. The van der Waals surface area contributed by atoms with Gasteiger partial charge in [0.2, 0.25) is 5.95 Å². The number of carbonyl (C=O) groups excluding carboxylic acids is 1. The van der Waals surface area contributed by atoms with Crippen molar-refractivity contribution in [3.8, 4) is 11.1 Å². The molecule has 1 aliphatic rings. The molecule has 1 fully saturated rings. The fourth-order valence-electron chi connectivity index (χ4n) is 4.31. The standard InChI is InChI=1S/C25H32N8O/c1-25(2,3)15-28-24-27-13-19-18(12-26-22(19)31-24)16-5-10-33-21(11-16)20(14-29-33)23(34)30-17-6-8-32(4)9-7-17/h5,10-14,17H,6-9,15H2,1-4H3,(H,30,34)(H2,26,27,28,31). The summed E-state index contributed by atoms with van der Waals surface area (Å²) < 4.78 is 1.74. The van der Waals surface area contributed by atoms with Crippen LogP contribution in [-0.4, -0.2) is 68.1 Å². The average molecular weight is 461 g/mol. The first-order chi connectivity index (χ1) is 16.3. The maximum absolute atomic E-state index is 13.0. The molecule has 0 aromatic carbocycles. The van der Waals surface area contributed by atoms with Crippen LogP contribution in [0.3, 0.4) is 0 Å². The largest absolute Gasteiger partial charge is 0.354 e. The highest BCUT2D eigenvalue weighted by molar-refractivity contribution is 6.02. The van der Waals surface area contributed by atoms with Crippen molar-refractivity contribution in [2.75, 3.05) is 32.0 Å². The van der Waals surface area contributed by atoms with Crippen molar-refractivity contribution in [3.63, 3.8) is 0 Å². The Morgan fingerprint density at radius 2 is 2.03 bits per heavy atom. The Kier molecular flexibility index (Phi) is 5.73. The van der Waals surface area contributed by atoms with Gasteiger partial charge in [0.15, 0.2) is 0 Å². The summed E-state index contributed by atoms with van der Waals surface area (Å²) in [6.07, 6.45) is 9.24. The van der Waals surface area contributed by atoms with Gasteiger partial charge in [0.1, 0.15) is 5.65 Å². The summed E-state index contributed by atoms with van der Waals surface area (Å²) in [5.41, 5.74) is 4.24. The molecule has 9 heteroatoms. The zero-order chi connectivity index (χ0) is 23.9. The predicted octanol–water partition coefficient (Wildman–Crippen LogP) is 3.55. The zero-order valence-corrected chi connectivity index (χ0v) is 20.2. The van der Waals surface area contributed by atoms with Crippen molar-refractivity contribution >= 4 is 28.4 Å². The lowest BCUT2D eigenvalue weighted by molar-refractivity contribution is 0.0918. The highest BCUT2D eigenvalue weighted by Crippen LogP contribution is 2.29. The third kappa shape index (κ3) is 4.61. The smallest absolute Gasteiger partial charge is 0.255 e. The third-order valence-corrected chi connectivity index (χ3v) is 6.34. The van der Waals surface area contributed by atoms with Crippen molar-refractivity contribution < 1.29 is 4.79 Å². The van der Waals surface area contributed by atoms with Gasteiger partial charge in [-0.15, -0.1) is 0 Å². The molecule has 1 amide bonds. The molecule has 1 saturated heterocycles. The van der Waals surface area contributed by atoms with Gasteiger partial charge in [-0.05, 0) is 56.1 Å². The summed E-state index contributed by atoms with van der Waals surface area (Å²) in [5.74, 6) is 0.536. The van der Waals surface area contributed by atoms with Crippen LogP contribution in [0.4, 0.5) is 5.95 Å². The molecule has 5 heterocycles. The summed E-state index contributed by atoms with van der Waals surface area (Å²) in [6.45, 7) is 9.28. The van der Waals surface area contributed by atoms with Gasteiger partial charge < -0.3 is 20.5 Å². The Bertz CT molecular complexity index is 1320. The molecule has 0 spiro atoms. The molecule has 0 unspecified atom stereocenters. The van der Waals surface area contributed by atoms with E-state index in [1.807, 2.05) is 30.7 Å². The molecule has 0 bridgehead atoms. The number of H-pyrrole nitrogens is 1. The molecule has 34 heavy (non-hydrogen) atoms. The first-order valence-electron chi connectivity index (χ1n) is 11.8. The van der Waals surface area contributed by atoms with E-state index in [1.54, 1.807) is 10.7 Å². The molecule has 5 rings (SSSR count). The molecule has 4 aromatic rings. The van der Waals surface area contributed by atoms with Crippen LogP contribution in [0.5, 0.6) is 0 Å². The molecular weight excluding hydrogens is 428 g/mol. The van der Waals surface area contributed by atoms with Crippen molar-refractivity contribution in [1.29, 1.82) is 0 Å². The van der Waals surface area contributed by atoms with Crippen LogP contribution in [0.2, 0.25) is 0 Å². The number of nitrogens with zero attached hydrogens (tertiary/aromatic N) is 5. The first kappa shape index (κ1) is 22.3. The van der Waals surface area contributed by atoms with Crippen LogP contribution in [0.1, 0.15) is 44.0 Å². The number of pyridine rings is 1. The number of amides is 1. The molecule has 0 atom stereocenters. The zero-order valence-electron chi connectivity index (χ0n) is 20.2. The van der Waals surface area contributed by atoms with Crippen molar-refractivity contribution in [1.82, 2.24) is 34.8 Å². The minimum atomic E-state index is -0.0708. The minimum absolute atomic E-state index is 0.0708. The fourth-order valence-corrected chi connectivity index (χ4v) is 4.31. The number of likely N-dealkylation sites (tertiary alicyclic amines) is 1. The van der Waals surface area contributed by atoms with E-state index in [9.17, 15) is 4.79 Å². The molecule has 3 N–H and O–H groups in total. The molecule has 4 aromatic heterocycles. The Labute approximate surface area is 199 Å². The van der Waals surface area contributed by atoms with Crippen LogP contribution in [0.15, 0.2) is 36.9 Å². The SMILES string of the molecule is CN1CCC(NC(=O)c2cnn3ccc(-c4c[nH]c5nc(NCC(C)(C)C)ncc45)cc23)CC1. The Balaban J connectivity index is 1.40. The molecule has 1 aliphatic heterocycles. The minimum Gasteiger partial charge on any atom is -0.354 e. The summed E-state index contributed by atoms with van der Waals surface area (Å²) in [7, 11) is 2.11. The maximum atomic E-state index is 13.0. The average Bonchev–Trinajstić information content (AvgIpc) is 3.42. The van der Waals surface area contributed by atoms with Crippen LogP contribution in [0.25, 0.3) is 27.7 Å². The number of rotatable bonds is 5. The van der Waals surface area contributed by atoms with E-state index in [0.717, 1.165) is 60.2 Å². The van der Waals surface area contributed by atoms with Gasteiger partial charge in [-0.1, -0.05) is 20.8 Å². The van der Waals surface area contributed by atoms with Crippen LogP contribution in [-0.2, 0) is 0 Å². The van der Waals surface area contributed by atoms with E-state index in [2.05, 4.69) is 63.4 Å². The van der Waals surface area contributed by atoms with E-state index < -0.39 is 0 Å². The molecule has 0 saturated carbocycles. The highest BCUT2D eigenvalue weighted by Gasteiger charge is 2.21. The van der Waals surface area contributed by atoms with E-state index >= 15 is 0 Å². The second kappa shape index (κ2) is 8.72. The second-order valence-corrected chi connectivity index (χ2v) is 10.4. The monoisotopic (exact) mass is 460 g/mol. The van der Waals surface area contributed by atoms with E-state index in [1.165, 1.54) is 0 Å². The van der Waals surface area contributed by atoms with Crippen molar-refractivity contribution in [2.24, 2.45) is 5.41 Å². The number of aromatic nitrogens is 5. The number of aromatic amines is 1. The third-order valence-electron chi connectivity index (χ3n) is 6.34. The normalized spacial score (nSPS) is 15.8. The lowest BCUT2D eigenvalue weighted by atomic mass is 9.97. The lowest BCUT2D eigenvalue weighted by Gasteiger charge is -2.29. The molecule has 178 valence electrons. The number of hydrogen-bond donors (Lipinski definition) is 3. The van der Waals surface area contributed by atoms with Gasteiger partial charge in [-0.3, -0.25) is 4.79 Å². The van der Waals surface area contributed by atoms with E-state index in [-0.39, 0.29) is 17.4 Å². The first-order valence-corrected chi connectivity index (χ1v) is 11.8. The summed E-state index contributed by atoms with van der Waals surface area (Å²) >= 11 is 0. The fraction of sp³-hybridized carbons (Fsp3) is 0.440. The van der Waals surface area contributed by atoms with Gasteiger partial charge >= 0.3 is 0 Å². The van der Waals surface area contributed by atoms with E-state index in [0.29, 0.717) is 11.5 Å². The number of carbonyl (C=O) groups is 1. The highest BCUT2D eigenvalue weighted by atomic mass is 16.1. The quantitative estimate of drug-likeness (QED) is 0.421. The number of hydrogen-bond acceptors (Lipinski definition) is 6. The molecular formula is C25H32N8O. The Morgan fingerprint density at radius 3 is 2.79 bits per heavy atom. The lowest BCUT2D eigenvalue weighted by Crippen LogP contribution is -2.43. The van der Waals surface area contributed by atoms with Gasteiger partial charge in [-0.2, -0.15) is 10.1 Å². The predicted molar refractivity (Wildman–Crippen MR) is 134 cm³/mol. The van der Waals surface area contributed by atoms with Crippen molar-refractivity contribution in [2.45, 2.75) is 39.7 Å². The van der Waals surface area contributed by atoms with Gasteiger partial charge in [0.25, 0.3) is 5.91 Å². The number of fused-ring (bicyclic) bond motifs is 2. The van der Waals surface area contributed by atoms with Gasteiger partial charge in [0, 0.05) is 42.1 Å².